The molecule has 7 heteroatoms. The van der Waals surface area contributed by atoms with Crippen LogP contribution in [-0.2, 0) is 6.18 Å². The third-order valence-corrected chi connectivity index (χ3v) is 3.80. The fourth-order valence-electron chi connectivity index (χ4n) is 2.50. The summed E-state index contributed by atoms with van der Waals surface area (Å²) in [5.74, 6) is 0.872. The van der Waals surface area contributed by atoms with Crippen LogP contribution < -0.4 is 5.32 Å². The van der Waals surface area contributed by atoms with Gasteiger partial charge in [0.15, 0.2) is 11.5 Å². The van der Waals surface area contributed by atoms with Crippen molar-refractivity contribution in [2.45, 2.75) is 45.8 Å². The van der Waals surface area contributed by atoms with Crippen LogP contribution in [0.5, 0.6) is 0 Å². The molecule has 1 unspecified atom stereocenters. The lowest BCUT2D eigenvalue weighted by atomic mass is 9.95. The fraction of sp³-hybridized carbons (Fsp3) is 0.571. The molecule has 0 aliphatic rings. The molecule has 1 N–H and O–H groups in total. The van der Waals surface area contributed by atoms with E-state index in [4.69, 9.17) is 0 Å². The van der Waals surface area contributed by atoms with Gasteiger partial charge in [0.1, 0.15) is 5.52 Å². The normalized spacial score (nSPS) is 13.9. The molecule has 0 saturated carbocycles. The molecule has 116 valence electrons. The summed E-state index contributed by atoms with van der Waals surface area (Å²) >= 11 is 0. The first-order chi connectivity index (χ1) is 9.86. The standard InChI is InChI=1S/C14H19F3N4/c1-4-10(5-2)9(3)19-13-11-8-12(14(15,16)17)20-21(11)7-6-18-13/h6-10H,4-5H2,1-3H3,(H,18,19). The summed E-state index contributed by atoms with van der Waals surface area (Å²) in [6, 6.07) is 1.15. The van der Waals surface area contributed by atoms with Crippen molar-refractivity contribution < 1.29 is 13.2 Å². The monoisotopic (exact) mass is 300 g/mol. The van der Waals surface area contributed by atoms with Crippen molar-refractivity contribution >= 4 is 11.3 Å². The van der Waals surface area contributed by atoms with Gasteiger partial charge in [0.25, 0.3) is 0 Å². The number of hydrogen-bond acceptors (Lipinski definition) is 3. The van der Waals surface area contributed by atoms with Gasteiger partial charge in [-0.05, 0) is 12.8 Å². The maximum atomic E-state index is 12.7. The molecule has 0 aliphatic carbocycles. The van der Waals surface area contributed by atoms with E-state index in [0.717, 1.165) is 18.9 Å². The molecule has 0 spiro atoms. The van der Waals surface area contributed by atoms with Crippen LogP contribution in [0, 0.1) is 5.92 Å². The highest BCUT2D eigenvalue weighted by atomic mass is 19.4. The first-order valence-electron chi connectivity index (χ1n) is 7.04. The van der Waals surface area contributed by atoms with Crippen molar-refractivity contribution in [1.29, 1.82) is 0 Å². The molecular formula is C14H19F3N4. The van der Waals surface area contributed by atoms with Gasteiger partial charge in [-0.1, -0.05) is 26.7 Å². The van der Waals surface area contributed by atoms with E-state index in [9.17, 15) is 13.2 Å². The largest absolute Gasteiger partial charge is 0.435 e. The van der Waals surface area contributed by atoms with Crippen molar-refractivity contribution in [2.24, 2.45) is 5.92 Å². The number of nitrogens with one attached hydrogen (secondary N) is 1. The topological polar surface area (TPSA) is 42.2 Å². The van der Waals surface area contributed by atoms with Crippen molar-refractivity contribution in [3.63, 3.8) is 0 Å². The summed E-state index contributed by atoms with van der Waals surface area (Å²) in [5.41, 5.74) is -0.573. The number of aromatic nitrogens is 3. The Morgan fingerprint density at radius 2 is 1.95 bits per heavy atom. The Bertz CT molecular complexity index is 602. The second kappa shape index (κ2) is 5.91. The predicted octanol–water partition coefficient (Wildman–Crippen LogP) is 3.98. The van der Waals surface area contributed by atoms with E-state index in [2.05, 4.69) is 29.2 Å². The highest BCUT2D eigenvalue weighted by Gasteiger charge is 2.34. The van der Waals surface area contributed by atoms with Crippen LogP contribution in [0.4, 0.5) is 19.0 Å². The minimum Gasteiger partial charge on any atom is -0.366 e. The quantitative estimate of drug-likeness (QED) is 0.908. The van der Waals surface area contributed by atoms with E-state index in [-0.39, 0.29) is 6.04 Å². The molecule has 0 fully saturated rings. The van der Waals surface area contributed by atoms with Crippen LogP contribution in [0.2, 0.25) is 0 Å². The predicted molar refractivity (Wildman–Crippen MR) is 75.1 cm³/mol. The average Bonchev–Trinajstić information content (AvgIpc) is 2.85. The molecular weight excluding hydrogens is 281 g/mol. The van der Waals surface area contributed by atoms with Crippen LogP contribution in [0.1, 0.15) is 39.3 Å². The summed E-state index contributed by atoms with van der Waals surface area (Å²) in [7, 11) is 0. The zero-order valence-electron chi connectivity index (χ0n) is 12.3. The maximum Gasteiger partial charge on any atom is 0.435 e. The van der Waals surface area contributed by atoms with E-state index in [1.807, 2.05) is 6.92 Å². The molecule has 0 amide bonds. The number of fused-ring (bicyclic) bond motifs is 1. The van der Waals surface area contributed by atoms with Gasteiger partial charge < -0.3 is 5.32 Å². The first-order valence-corrected chi connectivity index (χ1v) is 7.04. The van der Waals surface area contributed by atoms with Gasteiger partial charge in [-0.15, -0.1) is 0 Å². The number of rotatable bonds is 5. The highest BCUT2D eigenvalue weighted by molar-refractivity contribution is 5.68. The van der Waals surface area contributed by atoms with Gasteiger partial charge in [0, 0.05) is 24.5 Å². The second-order valence-electron chi connectivity index (χ2n) is 5.14. The highest BCUT2D eigenvalue weighted by Crippen LogP contribution is 2.30. The Balaban J connectivity index is 2.34. The summed E-state index contributed by atoms with van der Waals surface area (Å²) in [5, 5.41) is 6.76. The summed E-state index contributed by atoms with van der Waals surface area (Å²) < 4.78 is 39.4. The second-order valence-corrected chi connectivity index (χ2v) is 5.14. The van der Waals surface area contributed by atoms with Crippen LogP contribution >= 0.6 is 0 Å². The average molecular weight is 300 g/mol. The molecule has 2 heterocycles. The molecule has 1 atom stereocenters. The number of alkyl halides is 3. The first kappa shape index (κ1) is 15.6. The SMILES string of the molecule is CCC(CC)C(C)Nc1nccn2nc(C(F)(F)F)cc12. The zero-order valence-corrected chi connectivity index (χ0v) is 12.3. The Morgan fingerprint density at radius 3 is 2.52 bits per heavy atom. The van der Waals surface area contributed by atoms with Crippen LogP contribution in [0.25, 0.3) is 5.52 Å². The molecule has 2 aromatic rings. The van der Waals surface area contributed by atoms with Gasteiger partial charge >= 0.3 is 6.18 Å². The van der Waals surface area contributed by atoms with Gasteiger partial charge in [-0.3, -0.25) is 0 Å². The molecule has 2 rings (SSSR count). The Hall–Kier alpha value is -1.79. The lowest BCUT2D eigenvalue weighted by molar-refractivity contribution is -0.141. The van der Waals surface area contributed by atoms with Gasteiger partial charge in [-0.25, -0.2) is 9.50 Å². The van der Waals surface area contributed by atoms with E-state index >= 15 is 0 Å². The Kier molecular flexibility index (Phi) is 4.39. The van der Waals surface area contributed by atoms with E-state index < -0.39 is 11.9 Å². The lowest BCUT2D eigenvalue weighted by Crippen LogP contribution is -2.25. The van der Waals surface area contributed by atoms with E-state index in [1.165, 1.54) is 16.9 Å². The summed E-state index contributed by atoms with van der Waals surface area (Å²) in [6.07, 6.45) is 0.408. The van der Waals surface area contributed by atoms with Crippen LogP contribution in [-0.4, -0.2) is 20.6 Å². The molecule has 2 aromatic heterocycles. The molecule has 21 heavy (non-hydrogen) atoms. The molecule has 0 aromatic carbocycles. The molecule has 0 bridgehead atoms. The van der Waals surface area contributed by atoms with Gasteiger partial charge in [0.05, 0.1) is 0 Å². The van der Waals surface area contributed by atoms with Gasteiger partial charge in [0.2, 0.25) is 0 Å². The number of anilines is 1. The van der Waals surface area contributed by atoms with Gasteiger partial charge in [-0.2, -0.15) is 18.3 Å². The third kappa shape index (κ3) is 3.28. The number of hydrogen-bond donors (Lipinski definition) is 1. The van der Waals surface area contributed by atoms with E-state index in [0.29, 0.717) is 17.3 Å². The molecule has 4 nitrogen and oxygen atoms in total. The van der Waals surface area contributed by atoms with Crippen molar-refractivity contribution in [2.75, 3.05) is 5.32 Å². The minimum atomic E-state index is -4.45. The summed E-state index contributed by atoms with van der Waals surface area (Å²) in [4.78, 5) is 4.15. The Morgan fingerprint density at radius 1 is 1.29 bits per heavy atom. The molecule has 0 saturated heterocycles. The number of halogens is 3. The van der Waals surface area contributed by atoms with Crippen molar-refractivity contribution in [1.82, 2.24) is 14.6 Å². The minimum absolute atomic E-state index is 0.128. The fourth-order valence-corrected chi connectivity index (χ4v) is 2.50. The molecule has 0 aliphatic heterocycles. The van der Waals surface area contributed by atoms with E-state index in [1.54, 1.807) is 0 Å². The smallest absolute Gasteiger partial charge is 0.366 e. The summed E-state index contributed by atoms with van der Waals surface area (Å²) in [6.45, 7) is 6.21. The van der Waals surface area contributed by atoms with Crippen molar-refractivity contribution in [3.8, 4) is 0 Å². The zero-order chi connectivity index (χ0) is 15.6. The lowest BCUT2D eigenvalue weighted by Gasteiger charge is -2.23. The number of nitrogens with zero attached hydrogens (tertiary/aromatic N) is 3. The van der Waals surface area contributed by atoms with Crippen molar-refractivity contribution in [3.05, 3.63) is 24.2 Å². The van der Waals surface area contributed by atoms with Crippen LogP contribution in [0.15, 0.2) is 18.5 Å². The Labute approximate surface area is 121 Å². The molecule has 0 radical (unpaired) electrons. The third-order valence-electron chi connectivity index (χ3n) is 3.80. The maximum absolute atomic E-state index is 12.7. The van der Waals surface area contributed by atoms with Crippen LogP contribution in [0.3, 0.4) is 0 Å².